The number of aryl methyl sites for hydroxylation is 1. The average Bonchev–Trinajstić information content (AvgIpc) is 3.03. The summed E-state index contributed by atoms with van der Waals surface area (Å²) in [5, 5.41) is 17.0. The minimum Gasteiger partial charge on any atom is -0.494 e. The van der Waals surface area contributed by atoms with E-state index >= 15 is 0 Å². The molecule has 0 radical (unpaired) electrons. The lowest BCUT2D eigenvalue weighted by atomic mass is 9.96. The van der Waals surface area contributed by atoms with Crippen LogP contribution in [0.2, 0.25) is 0 Å². The van der Waals surface area contributed by atoms with Crippen molar-refractivity contribution in [3.63, 3.8) is 0 Å². The van der Waals surface area contributed by atoms with Crippen molar-refractivity contribution in [2.45, 2.75) is 40.2 Å². The van der Waals surface area contributed by atoms with E-state index in [1.807, 2.05) is 62.4 Å². The number of nitro groups is 1. The van der Waals surface area contributed by atoms with Crippen molar-refractivity contribution in [2.75, 3.05) is 13.7 Å². The first-order valence-electron chi connectivity index (χ1n) is 14.6. The minimum atomic E-state index is -0.536. The maximum atomic E-state index is 13.8. The fraction of sp³-hybridized carbons (Fsp3) is 0.229. The first kappa shape index (κ1) is 30.9. The Hall–Kier alpha value is -5.51. The fourth-order valence-electron chi connectivity index (χ4n) is 5.05. The summed E-state index contributed by atoms with van der Waals surface area (Å²) in [7, 11) is 1.41. The van der Waals surface area contributed by atoms with Crippen LogP contribution in [0.1, 0.15) is 48.9 Å². The highest BCUT2D eigenvalue weighted by Crippen LogP contribution is 2.39. The highest BCUT2D eigenvalue weighted by molar-refractivity contribution is 5.84. The highest BCUT2D eigenvalue weighted by Gasteiger charge is 2.23. The monoisotopic (exact) mass is 606 g/mol. The maximum Gasteiger partial charge on any atom is 0.315 e. The van der Waals surface area contributed by atoms with E-state index in [1.54, 1.807) is 24.3 Å². The second-order valence-corrected chi connectivity index (χ2v) is 10.7. The summed E-state index contributed by atoms with van der Waals surface area (Å²) in [5.41, 5.74) is 3.59. The van der Waals surface area contributed by atoms with Gasteiger partial charge in [-0.25, -0.2) is 4.98 Å². The number of fused-ring (bicyclic) bond motifs is 1. The zero-order valence-corrected chi connectivity index (χ0v) is 25.8. The number of hydrogen-bond acceptors (Lipinski definition) is 8. The normalized spacial score (nSPS) is 11.3. The van der Waals surface area contributed by atoms with Gasteiger partial charge >= 0.3 is 5.69 Å². The quantitative estimate of drug-likeness (QED) is 0.0881. The largest absolute Gasteiger partial charge is 0.494 e. The molecule has 10 heteroatoms. The van der Waals surface area contributed by atoms with E-state index in [0.717, 1.165) is 28.0 Å². The summed E-state index contributed by atoms with van der Waals surface area (Å²) in [6.07, 6.45) is 1.38. The van der Waals surface area contributed by atoms with E-state index in [4.69, 9.17) is 19.2 Å². The Morgan fingerprint density at radius 2 is 1.73 bits per heavy atom. The van der Waals surface area contributed by atoms with Gasteiger partial charge in [0, 0.05) is 17.2 Å². The molecule has 0 saturated carbocycles. The molecule has 0 amide bonds. The van der Waals surface area contributed by atoms with Crippen LogP contribution in [0.3, 0.4) is 0 Å². The maximum absolute atomic E-state index is 13.8. The first-order valence-corrected chi connectivity index (χ1v) is 14.6. The van der Waals surface area contributed by atoms with Crippen LogP contribution in [-0.2, 0) is 6.61 Å². The zero-order chi connectivity index (χ0) is 32.1. The molecule has 0 bridgehead atoms. The third-order valence-electron chi connectivity index (χ3n) is 7.30. The second-order valence-electron chi connectivity index (χ2n) is 10.7. The molecule has 5 rings (SSSR count). The van der Waals surface area contributed by atoms with Crippen LogP contribution in [0.15, 0.2) is 88.8 Å². The zero-order valence-electron chi connectivity index (χ0n) is 25.8. The summed E-state index contributed by atoms with van der Waals surface area (Å²) in [4.78, 5) is 30.3. The molecule has 0 aliphatic heterocycles. The molecular formula is C35H34N4O6. The van der Waals surface area contributed by atoms with Crippen molar-refractivity contribution < 1.29 is 19.1 Å². The Labute approximate surface area is 260 Å². The average molecular weight is 607 g/mol. The molecule has 4 aromatic carbocycles. The van der Waals surface area contributed by atoms with Gasteiger partial charge < -0.3 is 14.2 Å². The third-order valence-corrected chi connectivity index (χ3v) is 7.30. The second kappa shape index (κ2) is 13.4. The van der Waals surface area contributed by atoms with Gasteiger partial charge in [0.15, 0.2) is 11.6 Å². The number of ether oxygens (including phenoxy) is 3. The van der Waals surface area contributed by atoms with Crippen LogP contribution < -0.4 is 19.8 Å². The minimum absolute atomic E-state index is 0.0000385. The van der Waals surface area contributed by atoms with E-state index in [1.165, 1.54) is 24.1 Å². The van der Waals surface area contributed by atoms with Gasteiger partial charge in [-0.2, -0.15) is 9.78 Å². The van der Waals surface area contributed by atoms with Crippen LogP contribution in [0.25, 0.3) is 22.3 Å². The summed E-state index contributed by atoms with van der Waals surface area (Å²) in [6, 6.07) is 23.2. The summed E-state index contributed by atoms with van der Waals surface area (Å²) < 4.78 is 18.5. The predicted molar refractivity (Wildman–Crippen MR) is 175 cm³/mol. The molecule has 230 valence electrons. The summed E-state index contributed by atoms with van der Waals surface area (Å²) >= 11 is 0. The molecule has 0 N–H and O–H groups in total. The van der Waals surface area contributed by atoms with Gasteiger partial charge in [0.2, 0.25) is 5.75 Å². The smallest absolute Gasteiger partial charge is 0.315 e. The number of aromatic nitrogens is 2. The number of nitro benzene ring substituents is 1. The summed E-state index contributed by atoms with van der Waals surface area (Å²) in [5.74, 6) is 1.42. The molecule has 10 nitrogen and oxygen atoms in total. The van der Waals surface area contributed by atoms with Gasteiger partial charge in [-0.1, -0.05) is 56.3 Å². The van der Waals surface area contributed by atoms with Crippen LogP contribution >= 0.6 is 0 Å². The Morgan fingerprint density at radius 3 is 2.42 bits per heavy atom. The molecule has 0 atom stereocenters. The Balaban J connectivity index is 1.64. The van der Waals surface area contributed by atoms with Gasteiger partial charge in [-0.15, -0.1) is 0 Å². The van der Waals surface area contributed by atoms with E-state index in [9.17, 15) is 14.9 Å². The number of para-hydroxylation sites is 1. The third kappa shape index (κ3) is 6.54. The van der Waals surface area contributed by atoms with E-state index in [2.05, 4.69) is 18.9 Å². The van der Waals surface area contributed by atoms with E-state index < -0.39 is 4.92 Å². The standard InChI is InChI=1S/C35H34N4O6/c1-6-44-31-16-23(4)28(19-27(31)22(2)3)34-37-29-15-11-10-14-26(29)35(40)38(34)36-20-25-17-30(39(41)42)33(32(18-25)43-5)45-21-24-12-8-7-9-13-24/h7-20,22H,6,21H2,1-5H3. The molecule has 0 spiro atoms. The van der Waals surface area contributed by atoms with E-state index in [0.29, 0.717) is 28.9 Å². The predicted octanol–water partition coefficient (Wildman–Crippen LogP) is 7.27. The van der Waals surface area contributed by atoms with Crippen molar-refractivity contribution in [3.05, 3.63) is 122 Å². The lowest BCUT2D eigenvalue weighted by Crippen LogP contribution is -2.21. The number of rotatable bonds is 11. The van der Waals surface area contributed by atoms with Gasteiger partial charge in [0.1, 0.15) is 12.4 Å². The van der Waals surface area contributed by atoms with E-state index in [-0.39, 0.29) is 35.3 Å². The van der Waals surface area contributed by atoms with Crippen LogP contribution in [0.5, 0.6) is 17.2 Å². The molecule has 1 heterocycles. The molecule has 0 fully saturated rings. The van der Waals surface area contributed by atoms with Gasteiger partial charge in [0.25, 0.3) is 5.56 Å². The van der Waals surface area contributed by atoms with Crippen molar-refractivity contribution in [1.29, 1.82) is 0 Å². The molecule has 0 unspecified atom stereocenters. The number of benzene rings is 4. The molecule has 5 aromatic rings. The topological polar surface area (TPSA) is 118 Å². The lowest BCUT2D eigenvalue weighted by Gasteiger charge is -2.18. The molecule has 45 heavy (non-hydrogen) atoms. The highest BCUT2D eigenvalue weighted by atomic mass is 16.6. The van der Waals surface area contributed by atoms with Crippen molar-refractivity contribution in [3.8, 4) is 28.6 Å². The summed E-state index contributed by atoms with van der Waals surface area (Å²) in [6.45, 7) is 8.65. The Bertz CT molecular complexity index is 1950. The molecule has 0 aliphatic rings. The van der Waals surface area contributed by atoms with Crippen molar-refractivity contribution in [2.24, 2.45) is 5.10 Å². The number of nitrogens with zero attached hydrogens (tertiary/aromatic N) is 4. The van der Waals surface area contributed by atoms with Crippen LogP contribution in [-0.4, -0.2) is 34.5 Å². The number of hydrogen-bond donors (Lipinski definition) is 0. The van der Waals surface area contributed by atoms with Gasteiger partial charge in [-0.05, 0) is 66.8 Å². The fourth-order valence-corrected chi connectivity index (χ4v) is 5.05. The Morgan fingerprint density at radius 1 is 1.00 bits per heavy atom. The molecule has 0 aliphatic carbocycles. The van der Waals surface area contributed by atoms with Gasteiger partial charge in [0.05, 0.1) is 35.8 Å². The van der Waals surface area contributed by atoms with Gasteiger partial charge in [-0.3, -0.25) is 14.9 Å². The molecule has 0 saturated heterocycles. The van der Waals surface area contributed by atoms with Crippen LogP contribution in [0, 0.1) is 17.0 Å². The molecular weight excluding hydrogens is 572 g/mol. The Kier molecular flexibility index (Phi) is 9.22. The molecule has 1 aromatic heterocycles. The SMILES string of the molecule is CCOc1cc(C)c(-c2nc3ccccc3c(=O)n2N=Cc2cc(OC)c(OCc3ccccc3)c([N+](=O)[O-])c2)cc1C(C)C. The van der Waals surface area contributed by atoms with Crippen LogP contribution in [0.4, 0.5) is 5.69 Å². The number of methoxy groups -OCH3 is 1. The van der Waals surface area contributed by atoms with Crippen molar-refractivity contribution in [1.82, 2.24) is 9.66 Å². The first-order chi connectivity index (χ1) is 21.7. The lowest BCUT2D eigenvalue weighted by molar-refractivity contribution is -0.386. The van der Waals surface area contributed by atoms with Crippen molar-refractivity contribution >= 4 is 22.8 Å².